The smallest absolute Gasteiger partial charge is 0.145 e. The van der Waals surface area contributed by atoms with Gasteiger partial charge >= 0.3 is 0 Å². The van der Waals surface area contributed by atoms with Crippen molar-refractivity contribution in [3.63, 3.8) is 0 Å². The molecule has 1 aliphatic heterocycles. The second-order valence-electron chi connectivity index (χ2n) is 7.98. The van der Waals surface area contributed by atoms with Gasteiger partial charge in [0.15, 0.2) is 0 Å². The zero-order valence-electron chi connectivity index (χ0n) is 15.3. The molecule has 0 N–H and O–H groups in total. The fraction of sp³-hybridized carbons (Fsp3) is 0.524. The Kier molecular flexibility index (Phi) is 4.95. The molecule has 2 bridgehead atoms. The molecule has 5 nitrogen and oxygen atoms in total. The summed E-state index contributed by atoms with van der Waals surface area (Å²) in [6, 6.07) is 5.41. The van der Waals surface area contributed by atoms with Gasteiger partial charge in [0.1, 0.15) is 17.2 Å². The van der Waals surface area contributed by atoms with Crippen molar-refractivity contribution in [1.29, 1.82) is 0 Å². The molecule has 3 aliphatic rings. The van der Waals surface area contributed by atoms with E-state index < -0.39 is 0 Å². The highest BCUT2D eigenvalue weighted by Gasteiger charge is 2.41. The molecule has 0 spiro atoms. The molecule has 28 heavy (non-hydrogen) atoms. The van der Waals surface area contributed by atoms with E-state index in [1.807, 2.05) is 6.07 Å². The van der Waals surface area contributed by atoms with E-state index in [1.165, 1.54) is 0 Å². The van der Waals surface area contributed by atoms with E-state index in [9.17, 15) is 4.79 Å². The number of fused-ring (bicyclic) bond motifs is 2. The largest absolute Gasteiger partial charge is 0.380 e. The lowest BCUT2D eigenvalue weighted by atomic mass is 9.77. The highest BCUT2D eigenvalue weighted by Crippen LogP contribution is 2.46. The number of carbonyl (C=O) groups is 1. The van der Waals surface area contributed by atoms with Gasteiger partial charge in [0.25, 0.3) is 0 Å². The van der Waals surface area contributed by atoms with Gasteiger partial charge < -0.3 is 14.0 Å². The number of ether oxygens (including phenoxy) is 2. The van der Waals surface area contributed by atoms with Gasteiger partial charge in [0.2, 0.25) is 0 Å². The van der Waals surface area contributed by atoms with Crippen LogP contribution in [0.1, 0.15) is 42.9 Å². The Hall–Kier alpha value is -1.40. The lowest BCUT2D eigenvalue weighted by Crippen LogP contribution is -2.45. The van der Waals surface area contributed by atoms with Crippen LogP contribution < -0.4 is 0 Å². The highest BCUT2D eigenvalue weighted by atomic mass is 35.5. The Morgan fingerprint density at radius 3 is 2.39 bits per heavy atom. The average Bonchev–Trinajstić information content (AvgIpc) is 3.41. The van der Waals surface area contributed by atoms with E-state index in [2.05, 4.69) is 5.16 Å². The van der Waals surface area contributed by atoms with Crippen LogP contribution in [0.4, 0.5) is 0 Å². The lowest BCUT2D eigenvalue weighted by Gasteiger charge is -2.37. The highest BCUT2D eigenvalue weighted by molar-refractivity contribution is 6.39. The maximum atomic E-state index is 12.3. The molecule has 7 heteroatoms. The number of benzene rings is 1. The van der Waals surface area contributed by atoms with Crippen LogP contribution in [0.25, 0.3) is 11.3 Å². The molecule has 2 unspecified atom stereocenters. The van der Waals surface area contributed by atoms with Crippen LogP contribution in [0.2, 0.25) is 10.0 Å². The quantitative estimate of drug-likeness (QED) is 0.676. The first-order valence-electron chi connectivity index (χ1n) is 9.77. The van der Waals surface area contributed by atoms with Gasteiger partial charge in [-0.05, 0) is 37.8 Å². The van der Waals surface area contributed by atoms with Crippen molar-refractivity contribution >= 4 is 29.0 Å². The SMILES string of the molecule is O=C1C2COCC1CC(OCc1c(-c3c(Cl)cccc3Cl)noc1C1CC1)C2. The normalized spacial score (nSPS) is 27.2. The van der Waals surface area contributed by atoms with E-state index in [4.69, 9.17) is 37.2 Å². The third-order valence-corrected chi connectivity index (χ3v) is 6.60. The van der Waals surface area contributed by atoms with Crippen molar-refractivity contribution in [1.82, 2.24) is 5.16 Å². The van der Waals surface area contributed by atoms with Gasteiger partial charge in [0, 0.05) is 28.9 Å². The molecule has 0 amide bonds. The fourth-order valence-electron chi connectivity index (χ4n) is 4.33. The molecule has 2 aliphatic carbocycles. The Labute approximate surface area is 173 Å². The molecule has 1 saturated heterocycles. The predicted octanol–water partition coefficient (Wildman–Crippen LogP) is 5.04. The molecule has 3 fully saturated rings. The summed E-state index contributed by atoms with van der Waals surface area (Å²) in [4.78, 5) is 12.3. The van der Waals surface area contributed by atoms with Gasteiger partial charge in [0.05, 0.1) is 36.0 Å². The zero-order chi connectivity index (χ0) is 19.3. The van der Waals surface area contributed by atoms with Crippen molar-refractivity contribution in [3.8, 4) is 11.3 Å². The summed E-state index contributed by atoms with van der Waals surface area (Å²) in [6.07, 6.45) is 3.64. The van der Waals surface area contributed by atoms with Crippen LogP contribution >= 0.6 is 23.2 Å². The molecule has 1 aromatic carbocycles. The molecule has 148 valence electrons. The molecular weight excluding hydrogens is 401 g/mol. The summed E-state index contributed by atoms with van der Waals surface area (Å²) in [6.45, 7) is 1.40. The molecule has 2 atom stereocenters. The molecule has 2 heterocycles. The number of rotatable bonds is 5. The van der Waals surface area contributed by atoms with Crippen LogP contribution in [0.5, 0.6) is 0 Å². The Bertz CT molecular complexity index is 872. The first-order chi connectivity index (χ1) is 13.6. The molecule has 1 aromatic heterocycles. The number of halogens is 2. The number of aromatic nitrogens is 1. The minimum Gasteiger partial charge on any atom is -0.380 e. The van der Waals surface area contributed by atoms with Crippen LogP contribution in [0.15, 0.2) is 22.7 Å². The van der Waals surface area contributed by atoms with E-state index in [0.717, 1.165) is 24.2 Å². The van der Waals surface area contributed by atoms with Gasteiger partial charge in [-0.2, -0.15) is 0 Å². The van der Waals surface area contributed by atoms with Gasteiger partial charge in [-0.15, -0.1) is 0 Å². The molecule has 0 radical (unpaired) electrons. The first-order valence-corrected chi connectivity index (χ1v) is 10.5. The Morgan fingerprint density at radius 2 is 1.75 bits per heavy atom. The maximum absolute atomic E-state index is 12.3. The Balaban J connectivity index is 1.40. The minimum absolute atomic E-state index is 0.0353. The van der Waals surface area contributed by atoms with Crippen molar-refractivity contribution in [3.05, 3.63) is 39.6 Å². The maximum Gasteiger partial charge on any atom is 0.145 e. The summed E-state index contributed by atoms with van der Waals surface area (Å²) < 4.78 is 17.5. The van der Waals surface area contributed by atoms with Gasteiger partial charge in [-0.1, -0.05) is 34.4 Å². The second kappa shape index (κ2) is 7.45. The number of ketones is 1. The third-order valence-electron chi connectivity index (χ3n) is 5.97. The van der Waals surface area contributed by atoms with Crippen molar-refractivity contribution in [2.24, 2.45) is 11.8 Å². The summed E-state index contributed by atoms with van der Waals surface area (Å²) in [5.41, 5.74) is 2.27. The monoisotopic (exact) mass is 421 g/mol. The molecular formula is C21H21Cl2NO4. The predicted molar refractivity (Wildman–Crippen MR) is 105 cm³/mol. The van der Waals surface area contributed by atoms with E-state index in [-0.39, 0.29) is 17.9 Å². The number of Topliss-reactive ketones (excluding diaryl/α,β-unsaturated/α-hetero) is 1. The molecule has 2 saturated carbocycles. The minimum atomic E-state index is -0.0413. The first kappa shape index (κ1) is 18.6. The van der Waals surface area contributed by atoms with E-state index in [1.54, 1.807) is 12.1 Å². The van der Waals surface area contributed by atoms with Crippen LogP contribution in [0, 0.1) is 11.8 Å². The summed E-state index contributed by atoms with van der Waals surface area (Å²) in [7, 11) is 0. The standard InChI is InChI=1S/C21H21Cl2NO4/c22-16-2-1-3-17(23)18(16)19-15(21(28-24-19)11-4-5-11)10-27-14-6-12-8-26-9-13(7-14)20(12)25/h1-3,11-14H,4-10H2. The van der Waals surface area contributed by atoms with Crippen molar-refractivity contribution < 1.29 is 18.8 Å². The average molecular weight is 422 g/mol. The molecule has 2 aromatic rings. The lowest BCUT2D eigenvalue weighted by molar-refractivity contribution is -0.149. The summed E-state index contributed by atoms with van der Waals surface area (Å²) >= 11 is 12.8. The second-order valence-corrected chi connectivity index (χ2v) is 8.80. The van der Waals surface area contributed by atoms with Crippen molar-refractivity contribution in [2.45, 2.75) is 44.3 Å². The molecule has 5 rings (SSSR count). The van der Waals surface area contributed by atoms with Crippen molar-refractivity contribution in [2.75, 3.05) is 13.2 Å². The summed E-state index contributed by atoms with van der Waals surface area (Å²) in [5.74, 6) is 1.52. The van der Waals surface area contributed by atoms with Crippen LogP contribution in [0.3, 0.4) is 0 Å². The van der Waals surface area contributed by atoms with Crippen LogP contribution in [-0.2, 0) is 20.9 Å². The topological polar surface area (TPSA) is 61.6 Å². The number of nitrogens with zero attached hydrogens (tertiary/aromatic N) is 1. The summed E-state index contributed by atoms with van der Waals surface area (Å²) in [5, 5.41) is 5.39. The van der Waals surface area contributed by atoms with E-state index in [0.29, 0.717) is 65.7 Å². The number of hydrogen-bond donors (Lipinski definition) is 0. The van der Waals surface area contributed by atoms with Gasteiger partial charge in [-0.3, -0.25) is 4.79 Å². The van der Waals surface area contributed by atoms with E-state index >= 15 is 0 Å². The van der Waals surface area contributed by atoms with Crippen LogP contribution in [-0.4, -0.2) is 30.3 Å². The third kappa shape index (κ3) is 3.39. The fourth-order valence-corrected chi connectivity index (χ4v) is 4.91. The number of hydrogen-bond acceptors (Lipinski definition) is 5. The zero-order valence-corrected chi connectivity index (χ0v) is 16.8. The number of carbonyl (C=O) groups excluding carboxylic acids is 1. The van der Waals surface area contributed by atoms with Gasteiger partial charge in [-0.25, -0.2) is 0 Å². The Morgan fingerprint density at radius 1 is 1.07 bits per heavy atom.